The number of nitrogens with one attached hydrogen (secondary N) is 2. The minimum atomic E-state index is 0. The minimum absolute atomic E-state index is 0. The third-order valence-electron chi connectivity index (χ3n) is 4.52. The van der Waals surface area contributed by atoms with Crippen LogP contribution in [0.1, 0.15) is 30.1 Å². The molecule has 1 aliphatic rings. The molecule has 0 saturated carbocycles. The maximum Gasteiger partial charge on any atom is 0.191 e. The van der Waals surface area contributed by atoms with Crippen molar-refractivity contribution < 1.29 is 4.74 Å². The quantitative estimate of drug-likeness (QED) is 0.273. The van der Waals surface area contributed by atoms with Crippen molar-refractivity contribution in [2.45, 2.75) is 44.9 Å². The van der Waals surface area contributed by atoms with Crippen LogP contribution in [-0.2, 0) is 30.7 Å². The van der Waals surface area contributed by atoms with Gasteiger partial charge in [0.25, 0.3) is 0 Å². The molecule has 148 valence electrons. The second-order valence-electron chi connectivity index (χ2n) is 6.53. The Kier molecular flexibility index (Phi) is 8.99. The van der Waals surface area contributed by atoms with Crippen LogP contribution in [0.2, 0.25) is 0 Å². The third-order valence-corrected chi connectivity index (χ3v) is 4.52. The Bertz CT molecular complexity index is 718. The molecule has 1 aromatic heterocycles. The molecular weight excluding hydrogens is 455 g/mol. The maximum atomic E-state index is 5.12. The molecule has 0 bridgehead atoms. The Hall–Kier alpha value is -1.68. The van der Waals surface area contributed by atoms with E-state index in [-0.39, 0.29) is 24.0 Å². The van der Waals surface area contributed by atoms with Crippen LogP contribution in [0.4, 0.5) is 0 Å². The molecule has 3 rings (SSSR count). The molecule has 2 aromatic rings. The summed E-state index contributed by atoms with van der Waals surface area (Å²) in [6, 6.07) is 10.9. The molecular formula is C19H29IN6O. The molecule has 2 N–H and O–H groups in total. The Morgan fingerprint density at radius 2 is 2.15 bits per heavy atom. The van der Waals surface area contributed by atoms with E-state index in [1.165, 1.54) is 5.56 Å². The first-order chi connectivity index (χ1) is 12.8. The van der Waals surface area contributed by atoms with Gasteiger partial charge in [-0.3, -0.25) is 4.99 Å². The van der Waals surface area contributed by atoms with Crippen molar-refractivity contribution in [3.8, 4) is 0 Å². The zero-order chi connectivity index (χ0) is 18.2. The Morgan fingerprint density at radius 3 is 2.89 bits per heavy atom. The second-order valence-corrected chi connectivity index (χ2v) is 6.53. The summed E-state index contributed by atoms with van der Waals surface area (Å²) >= 11 is 0. The molecule has 0 amide bonds. The van der Waals surface area contributed by atoms with Crippen LogP contribution in [0.25, 0.3) is 0 Å². The molecule has 2 heterocycles. The number of fused-ring (bicyclic) bond motifs is 1. The first-order valence-electron chi connectivity index (χ1n) is 9.21. The number of aromatic nitrogens is 3. The normalized spacial score (nSPS) is 16.4. The molecule has 0 radical (unpaired) electrons. The molecule has 0 saturated heterocycles. The zero-order valence-electron chi connectivity index (χ0n) is 16.0. The van der Waals surface area contributed by atoms with E-state index >= 15 is 0 Å². The highest BCUT2D eigenvalue weighted by Crippen LogP contribution is 2.13. The molecule has 1 unspecified atom stereocenters. The van der Waals surface area contributed by atoms with Gasteiger partial charge in [0.1, 0.15) is 12.4 Å². The van der Waals surface area contributed by atoms with Gasteiger partial charge < -0.3 is 15.4 Å². The van der Waals surface area contributed by atoms with E-state index < -0.39 is 0 Å². The summed E-state index contributed by atoms with van der Waals surface area (Å²) in [6.07, 6.45) is 4.08. The van der Waals surface area contributed by atoms with Gasteiger partial charge in [-0.15, -0.1) is 24.0 Å². The van der Waals surface area contributed by atoms with Crippen molar-refractivity contribution in [2.75, 3.05) is 20.7 Å². The highest BCUT2D eigenvalue weighted by Gasteiger charge is 2.22. The van der Waals surface area contributed by atoms with Crippen LogP contribution in [0, 0.1) is 0 Å². The number of ether oxygens (including phenoxy) is 1. The van der Waals surface area contributed by atoms with Crippen LogP contribution < -0.4 is 10.6 Å². The number of nitrogens with zero attached hydrogens (tertiary/aromatic N) is 4. The number of halogens is 1. The van der Waals surface area contributed by atoms with Crippen LogP contribution >= 0.6 is 24.0 Å². The number of guanidine groups is 1. The van der Waals surface area contributed by atoms with Gasteiger partial charge in [-0.2, -0.15) is 5.10 Å². The number of methoxy groups -OCH3 is 1. The molecule has 1 aliphatic heterocycles. The van der Waals surface area contributed by atoms with Crippen LogP contribution in [0.5, 0.6) is 0 Å². The summed E-state index contributed by atoms with van der Waals surface area (Å²) in [6.45, 7) is 2.16. The molecule has 0 fully saturated rings. The number of aliphatic imine (C=N–C) groups is 1. The largest absolute Gasteiger partial charge is 0.377 e. The summed E-state index contributed by atoms with van der Waals surface area (Å²) in [7, 11) is 3.48. The SMILES string of the molecule is CN=C(NCCCc1ccccc1)NC1CCc2nc(COC)nn2C1.I. The Morgan fingerprint density at radius 1 is 1.33 bits per heavy atom. The van der Waals surface area contributed by atoms with Gasteiger partial charge in [0.05, 0.1) is 6.54 Å². The lowest BCUT2D eigenvalue weighted by molar-refractivity contribution is 0.177. The maximum absolute atomic E-state index is 5.12. The summed E-state index contributed by atoms with van der Waals surface area (Å²) in [5, 5.41) is 11.4. The van der Waals surface area contributed by atoms with Gasteiger partial charge in [-0.1, -0.05) is 30.3 Å². The predicted octanol–water partition coefficient (Wildman–Crippen LogP) is 2.16. The number of aryl methyl sites for hydroxylation is 2. The van der Waals surface area contributed by atoms with Gasteiger partial charge in [0.15, 0.2) is 11.8 Å². The topological polar surface area (TPSA) is 76.4 Å². The molecule has 27 heavy (non-hydrogen) atoms. The molecule has 1 atom stereocenters. The van der Waals surface area contributed by atoms with Crippen molar-refractivity contribution in [3.63, 3.8) is 0 Å². The second kappa shape index (κ2) is 11.2. The van der Waals surface area contributed by atoms with E-state index in [4.69, 9.17) is 4.74 Å². The fourth-order valence-electron chi connectivity index (χ4n) is 3.20. The predicted molar refractivity (Wildman–Crippen MR) is 118 cm³/mol. The third kappa shape index (κ3) is 6.46. The molecule has 0 aliphatic carbocycles. The molecule has 0 spiro atoms. The van der Waals surface area contributed by atoms with E-state index in [0.29, 0.717) is 12.6 Å². The van der Waals surface area contributed by atoms with Gasteiger partial charge in [-0.25, -0.2) is 9.67 Å². The first-order valence-corrected chi connectivity index (χ1v) is 9.21. The number of hydrogen-bond acceptors (Lipinski definition) is 4. The van der Waals surface area contributed by atoms with Gasteiger partial charge >= 0.3 is 0 Å². The van der Waals surface area contributed by atoms with Crippen molar-refractivity contribution in [3.05, 3.63) is 47.5 Å². The van der Waals surface area contributed by atoms with E-state index in [1.54, 1.807) is 7.11 Å². The van der Waals surface area contributed by atoms with Crippen molar-refractivity contribution in [1.29, 1.82) is 0 Å². The summed E-state index contributed by atoms with van der Waals surface area (Å²) in [4.78, 5) is 8.86. The monoisotopic (exact) mass is 484 g/mol. The minimum Gasteiger partial charge on any atom is -0.377 e. The smallest absolute Gasteiger partial charge is 0.191 e. The van der Waals surface area contributed by atoms with E-state index in [2.05, 4.69) is 56.0 Å². The molecule has 7 nitrogen and oxygen atoms in total. The zero-order valence-corrected chi connectivity index (χ0v) is 18.3. The molecule has 1 aromatic carbocycles. The summed E-state index contributed by atoms with van der Waals surface area (Å²) < 4.78 is 7.10. The van der Waals surface area contributed by atoms with Gasteiger partial charge in [0.2, 0.25) is 0 Å². The van der Waals surface area contributed by atoms with Crippen LogP contribution in [0.3, 0.4) is 0 Å². The first kappa shape index (κ1) is 21.6. The fraction of sp³-hybridized carbons (Fsp3) is 0.526. The van der Waals surface area contributed by atoms with Crippen molar-refractivity contribution in [2.24, 2.45) is 4.99 Å². The lowest BCUT2D eigenvalue weighted by Gasteiger charge is -2.25. The highest BCUT2D eigenvalue weighted by atomic mass is 127. The van der Waals surface area contributed by atoms with Crippen LogP contribution in [0.15, 0.2) is 35.3 Å². The Labute approximate surface area is 178 Å². The van der Waals surface area contributed by atoms with Gasteiger partial charge in [-0.05, 0) is 24.8 Å². The average molecular weight is 484 g/mol. The number of rotatable bonds is 7. The fourth-order valence-corrected chi connectivity index (χ4v) is 3.20. The van der Waals surface area contributed by atoms with E-state index in [1.807, 2.05) is 11.7 Å². The number of hydrogen-bond donors (Lipinski definition) is 2. The standard InChI is InChI=1S/C19H28N6O.HI/c1-20-19(21-12-6-9-15-7-4-3-5-8-15)22-16-10-11-18-23-17(14-26-2)24-25(18)13-16;/h3-5,7-8,16H,6,9-14H2,1-2H3,(H2,20,21,22);1H. The van der Waals surface area contributed by atoms with Crippen LogP contribution in [-0.4, -0.2) is 47.5 Å². The van der Waals surface area contributed by atoms with E-state index in [0.717, 1.165) is 56.4 Å². The average Bonchev–Trinajstić information content (AvgIpc) is 3.07. The van der Waals surface area contributed by atoms with Crippen molar-refractivity contribution >= 4 is 29.9 Å². The van der Waals surface area contributed by atoms with Crippen molar-refractivity contribution in [1.82, 2.24) is 25.4 Å². The molecule has 8 heteroatoms. The lowest BCUT2D eigenvalue weighted by atomic mass is 10.1. The van der Waals surface area contributed by atoms with E-state index in [9.17, 15) is 0 Å². The number of benzene rings is 1. The highest BCUT2D eigenvalue weighted by molar-refractivity contribution is 14.0. The summed E-state index contributed by atoms with van der Waals surface area (Å²) in [5.41, 5.74) is 1.37. The summed E-state index contributed by atoms with van der Waals surface area (Å²) in [5.74, 6) is 2.65. The van der Waals surface area contributed by atoms with Gasteiger partial charge in [0, 0.05) is 33.2 Å². The Balaban J connectivity index is 0.00000261. The lowest BCUT2D eigenvalue weighted by Crippen LogP contribution is -2.47.